The third kappa shape index (κ3) is 3.67. The molecule has 1 aromatic rings. The van der Waals surface area contributed by atoms with Crippen LogP contribution >= 0.6 is 0 Å². The molecule has 0 aliphatic carbocycles. The van der Waals surface area contributed by atoms with Crippen LogP contribution in [0, 0.1) is 0 Å². The Morgan fingerprint density at radius 2 is 1.91 bits per heavy atom. The van der Waals surface area contributed by atoms with Crippen LogP contribution < -0.4 is 10.1 Å². The number of hydrogen-bond acceptors (Lipinski definition) is 4. The molecule has 1 aromatic carbocycles. The lowest BCUT2D eigenvalue weighted by molar-refractivity contribution is -0.274. The molecule has 1 heterocycles. The summed E-state index contributed by atoms with van der Waals surface area (Å²) in [6.45, 7) is 0.0360. The lowest BCUT2D eigenvalue weighted by atomic mass is 9.98. The summed E-state index contributed by atoms with van der Waals surface area (Å²) >= 11 is 0. The second-order valence-corrected chi connectivity index (χ2v) is 4.72. The Labute approximate surface area is 122 Å². The summed E-state index contributed by atoms with van der Waals surface area (Å²) < 4.78 is 44.8. The molecule has 1 atom stereocenters. The van der Waals surface area contributed by atoms with E-state index in [0.717, 1.165) is 24.3 Å². The van der Waals surface area contributed by atoms with Crippen LogP contribution in [0.4, 0.5) is 13.2 Å². The van der Waals surface area contributed by atoms with Gasteiger partial charge < -0.3 is 19.9 Å². The molecule has 1 fully saturated rings. The second-order valence-electron chi connectivity index (χ2n) is 4.72. The molecule has 6 nitrogen and oxygen atoms in total. The zero-order chi connectivity index (χ0) is 16.4. The van der Waals surface area contributed by atoms with E-state index in [1.54, 1.807) is 0 Å². The predicted octanol–water partition coefficient (Wildman–Crippen LogP) is 1.56. The zero-order valence-corrected chi connectivity index (χ0v) is 11.1. The Kier molecular flexibility index (Phi) is 4.27. The van der Waals surface area contributed by atoms with E-state index in [1.807, 2.05) is 0 Å². The van der Waals surface area contributed by atoms with Gasteiger partial charge >= 0.3 is 12.3 Å². The Morgan fingerprint density at radius 3 is 2.36 bits per heavy atom. The summed E-state index contributed by atoms with van der Waals surface area (Å²) in [6, 6.07) is 4.17. The fourth-order valence-corrected chi connectivity index (χ4v) is 1.98. The van der Waals surface area contributed by atoms with Gasteiger partial charge in [-0.3, -0.25) is 4.79 Å². The number of aliphatic carboxylic acids is 1. The molecule has 0 aromatic heterocycles. The number of ether oxygens (including phenoxy) is 2. The van der Waals surface area contributed by atoms with E-state index < -0.39 is 29.5 Å². The van der Waals surface area contributed by atoms with Crippen molar-refractivity contribution in [3.05, 3.63) is 29.8 Å². The molecule has 2 rings (SSSR count). The predicted molar refractivity (Wildman–Crippen MR) is 66.4 cm³/mol. The van der Waals surface area contributed by atoms with Crippen LogP contribution in [0.5, 0.6) is 5.75 Å². The van der Waals surface area contributed by atoms with Crippen molar-refractivity contribution in [2.45, 2.75) is 18.3 Å². The molecule has 0 spiro atoms. The van der Waals surface area contributed by atoms with Crippen molar-refractivity contribution in [2.24, 2.45) is 0 Å². The van der Waals surface area contributed by atoms with Gasteiger partial charge in [-0.05, 0) is 24.3 Å². The van der Waals surface area contributed by atoms with E-state index in [9.17, 15) is 27.9 Å². The maximum absolute atomic E-state index is 12.0. The first-order valence-corrected chi connectivity index (χ1v) is 6.21. The summed E-state index contributed by atoms with van der Waals surface area (Å²) in [5.41, 5.74) is -1.50. The first kappa shape index (κ1) is 16.1. The number of benzene rings is 1. The molecule has 9 heteroatoms. The molecule has 0 bridgehead atoms. The third-order valence-corrected chi connectivity index (χ3v) is 3.13. The number of nitrogens with one attached hydrogen (secondary N) is 1. The molecule has 1 aliphatic rings. The van der Waals surface area contributed by atoms with Crippen LogP contribution in [0.15, 0.2) is 24.3 Å². The van der Waals surface area contributed by atoms with Crippen LogP contribution in [-0.2, 0) is 9.53 Å². The van der Waals surface area contributed by atoms with Gasteiger partial charge in [-0.2, -0.15) is 0 Å². The van der Waals surface area contributed by atoms with Gasteiger partial charge in [-0.15, -0.1) is 13.2 Å². The molecular weight excluding hydrogens is 307 g/mol. The molecule has 0 saturated carbocycles. The van der Waals surface area contributed by atoms with E-state index in [4.69, 9.17) is 4.74 Å². The number of carbonyl (C=O) groups is 2. The largest absolute Gasteiger partial charge is 0.573 e. The molecule has 0 radical (unpaired) electrons. The summed E-state index contributed by atoms with van der Waals surface area (Å²) in [5, 5.41) is 11.5. The van der Waals surface area contributed by atoms with Crippen molar-refractivity contribution < 1.29 is 37.3 Å². The first-order chi connectivity index (χ1) is 10.2. The highest BCUT2D eigenvalue weighted by Crippen LogP contribution is 2.23. The lowest BCUT2D eigenvalue weighted by Gasteiger charge is -2.23. The van der Waals surface area contributed by atoms with Crippen molar-refractivity contribution in [2.75, 3.05) is 13.2 Å². The highest BCUT2D eigenvalue weighted by molar-refractivity contribution is 5.98. The third-order valence-electron chi connectivity index (χ3n) is 3.13. The van der Waals surface area contributed by atoms with Crippen molar-refractivity contribution in [3.8, 4) is 5.75 Å². The van der Waals surface area contributed by atoms with Crippen molar-refractivity contribution in [1.29, 1.82) is 0 Å². The smallest absolute Gasteiger partial charge is 0.479 e. The van der Waals surface area contributed by atoms with Crippen LogP contribution in [0.2, 0.25) is 0 Å². The van der Waals surface area contributed by atoms with Crippen molar-refractivity contribution in [3.63, 3.8) is 0 Å². The molecule has 22 heavy (non-hydrogen) atoms. The SMILES string of the molecule is O=C(NC1(C(=O)O)CCOC1)c1ccc(OC(F)(F)F)cc1. The monoisotopic (exact) mass is 319 g/mol. The number of carbonyl (C=O) groups excluding carboxylic acids is 1. The summed E-state index contributed by atoms with van der Waals surface area (Å²) in [5.74, 6) is -2.41. The maximum Gasteiger partial charge on any atom is 0.573 e. The Morgan fingerprint density at radius 1 is 1.27 bits per heavy atom. The summed E-state index contributed by atoms with van der Waals surface area (Å²) in [7, 11) is 0. The first-order valence-electron chi connectivity index (χ1n) is 6.21. The summed E-state index contributed by atoms with van der Waals surface area (Å²) in [4.78, 5) is 23.3. The van der Waals surface area contributed by atoms with Crippen LogP contribution in [0.3, 0.4) is 0 Å². The fourth-order valence-electron chi connectivity index (χ4n) is 1.98. The summed E-state index contributed by atoms with van der Waals surface area (Å²) in [6.07, 6.45) is -4.71. The minimum absolute atomic E-state index is 0.0158. The van der Waals surface area contributed by atoms with Crippen LogP contribution in [0.1, 0.15) is 16.8 Å². The lowest BCUT2D eigenvalue weighted by Crippen LogP contribution is -2.55. The number of carboxylic acids is 1. The average molecular weight is 319 g/mol. The highest BCUT2D eigenvalue weighted by atomic mass is 19.4. The number of carboxylic acid groups (broad SMARTS) is 1. The van der Waals surface area contributed by atoms with Gasteiger partial charge in [-0.1, -0.05) is 0 Å². The van der Waals surface area contributed by atoms with Gasteiger partial charge in [0.25, 0.3) is 5.91 Å². The van der Waals surface area contributed by atoms with Crippen LogP contribution in [0.25, 0.3) is 0 Å². The second kappa shape index (κ2) is 5.84. The van der Waals surface area contributed by atoms with Gasteiger partial charge in [0, 0.05) is 18.6 Å². The van der Waals surface area contributed by atoms with Crippen LogP contribution in [-0.4, -0.2) is 42.1 Å². The molecule has 1 saturated heterocycles. The van der Waals surface area contributed by atoms with Gasteiger partial charge in [-0.25, -0.2) is 4.79 Å². The quantitative estimate of drug-likeness (QED) is 0.880. The molecule has 1 aliphatic heterocycles. The van der Waals surface area contributed by atoms with E-state index in [1.165, 1.54) is 0 Å². The number of hydrogen-bond donors (Lipinski definition) is 2. The topological polar surface area (TPSA) is 84.9 Å². The average Bonchev–Trinajstić information content (AvgIpc) is 2.87. The van der Waals surface area contributed by atoms with E-state index >= 15 is 0 Å². The fraction of sp³-hybridized carbons (Fsp3) is 0.385. The Bertz CT molecular complexity index is 564. The highest BCUT2D eigenvalue weighted by Gasteiger charge is 2.44. The number of rotatable bonds is 4. The number of halogens is 3. The normalized spacial score (nSPS) is 21.4. The van der Waals surface area contributed by atoms with Gasteiger partial charge in [0.05, 0.1) is 6.61 Å². The molecule has 1 unspecified atom stereocenters. The number of amides is 1. The molecule has 2 N–H and O–H groups in total. The van der Waals surface area contributed by atoms with Gasteiger partial charge in [0.2, 0.25) is 0 Å². The Balaban J connectivity index is 2.08. The van der Waals surface area contributed by atoms with Crippen molar-refractivity contribution >= 4 is 11.9 Å². The number of alkyl halides is 3. The van der Waals surface area contributed by atoms with Gasteiger partial charge in [0.1, 0.15) is 5.75 Å². The van der Waals surface area contributed by atoms with E-state index in [0.29, 0.717) is 0 Å². The van der Waals surface area contributed by atoms with Crippen molar-refractivity contribution in [1.82, 2.24) is 5.32 Å². The molecule has 1 amide bonds. The minimum atomic E-state index is -4.82. The molecular formula is C13H12F3NO5. The zero-order valence-electron chi connectivity index (χ0n) is 11.1. The van der Waals surface area contributed by atoms with Gasteiger partial charge in [0.15, 0.2) is 5.54 Å². The minimum Gasteiger partial charge on any atom is -0.479 e. The standard InChI is InChI=1S/C13H12F3NO5/c14-13(15,16)22-9-3-1-8(2-4-9)10(18)17-12(11(19)20)5-6-21-7-12/h1-4H,5-7H2,(H,17,18)(H,19,20). The Hall–Kier alpha value is -2.29. The van der Waals surface area contributed by atoms with E-state index in [-0.39, 0.29) is 25.2 Å². The van der Waals surface area contributed by atoms with E-state index in [2.05, 4.69) is 10.1 Å². The molecule has 120 valence electrons. The maximum atomic E-state index is 12.0.